The highest BCUT2D eigenvalue weighted by Gasteiger charge is 2.01. The van der Waals surface area contributed by atoms with Gasteiger partial charge < -0.3 is 5.73 Å². The molecule has 11 heavy (non-hydrogen) atoms. The summed E-state index contributed by atoms with van der Waals surface area (Å²) < 4.78 is 0. The van der Waals surface area contributed by atoms with Crippen LogP contribution in [0.2, 0.25) is 0 Å². The summed E-state index contributed by atoms with van der Waals surface area (Å²) in [5, 5.41) is 5.87. The van der Waals surface area contributed by atoms with Gasteiger partial charge in [0.05, 0.1) is 5.00 Å². The molecule has 0 spiro atoms. The van der Waals surface area contributed by atoms with Gasteiger partial charge in [0.1, 0.15) is 5.01 Å². The zero-order valence-corrected chi connectivity index (χ0v) is 7.28. The Balaban J connectivity index is 2.45. The van der Waals surface area contributed by atoms with Gasteiger partial charge in [-0.1, -0.05) is 0 Å². The average Bonchev–Trinajstić information content (AvgIpc) is 2.55. The SMILES string of the molecule is Nc1cc(-c2nccs2)cs1. The molecule has 0 amide bonds. The molecular formula is C7H6N2S2. The lowest BCUT2D eigenvalue weighted by Gasteiger charge is -1.84. The molecule has 0 radical (unpaired) electrons. The van der Waals surface area contributed by atoms with E-state index in [-0.39, 0.29) is 0 Å². The fraction of sp³-hybridized carbons (Fsp3) is 0. The zero-order chi connectivity index (χ0) is 7.68. The summed E-state index contributed by atoms with van der Waals surface area (Å²) in [6, 6.07) is 1.95. The number of nitrogens with zero attached hydrogens (tertiary/aromatic N) is 1. The maximum absolute atomic E-state index is 5.58. The molecule has 0 atom stereocenters. The van der Waals surface area contributed by atoms with Crippen LogP contribution in [0.3, 0.4) is 0 Å². The first-order valence-electron chi connectivity index (χ1n) is 3.10. The van der Waals surface area contributed by atoms with Crippen molar-refractivity contribution in [2.75, 3.05) is 5.73 Å². The number of hydrogen-bond acceptors (Lipinski definition) is 4. The van der Waals surface area contributed by atoms with Gasteiger partial charge in [-0.3, -0.25) is 0 Å². The van der Waals surface area contributed by atoms with E-state index in [1.807, 2.05) is 16.8 Å². The predicted octanol–water partition coefficient (Wildman–Crippen LogP) is 2.45. The van der Waals surface area contributed by atoms with Crippen LogP contribution in [0.15, 0.2) is 23.0 Å². The van der Waals surface area contributed by atoms with E-state index in [0.717, 1.165) is 15.6 Å². The Labute approximate surface area is 72.3 Å². The fourth-order valence-corrected chi connectivity index (χ4v) is 2.17. The average molecular weight is 182 g/mol. The largest absolute Gasteiger partial charge is 0.391 e. The molecule has 0 aromatic carbocycles. The van der Waals surface area contributed by atoms with E-state index in [2.05, 4.69) is 4.98 Å². The highest BCUT2D eigenvalue weighted by molar-refractivity contribution is 7.16. The van der Waals surface area contributed by atoms with Crippen molar-refractivity contribution in [3.63, 3.8) is 0 Å². The molecule has 0 saturated heterocycles. The highest BCUT2D eigenvalue weighted by atomic mass is 32.1. The van der Waals surface area contributed by atoms with Gasteiger partial charge in [-0.05, 0) is 6.07 Å². The molecule has 0 bridgehead atoms. The number of thiazole rings is 1. The van der Waals surface area contributed by atoms with Crippen LogP contribution in [0, 0.1) is 0 Å². The Hall–Kier alpha value is -0.870. The third-order valence-corrected chi connectivity index (χ3v) is 2.88. The van der Waals surface area contributed by atoms with E-state index < -0.39 is 0 Å². The van der Waals surface area contributed by atoms with Crippen molar-refractivity contribution in [2.24, 2.45) is 0 Å². The predicted molar refractivity (Wildman–Crippen MR) is 49.8 cm³/mol. The molecule has 0 fully saturated rings. The monoisotopic (exact) mass is 182 g/mol. The van der Waals surface area contributed by atoms with E-state index >= 15 is 0 Å². The van der Waals surface area contributed by atoms with Gasteiger partial charge in [0, 0.05) is 22.5 Å². The van der Waals surface area contributed by atoms with Crippen molar-refractivity contribution in [3.05, 3.63) is 23.0 Å². The molecule has 0 aliphatic heterocycles. The first kappa shape index (κ1) is 6.82. The first-order valence-corrected chi connectivity index (χ1v) is 4.86. The van der Waals surface area contributed by atoms with Crippen LogP contribution in [0.1, 0.15) is 0 Å². The summed E-state index contributed by atoms with van der Waals surface area (Å²) >= 11 is 3.18. The van der Waals surface area contributed by atoms with Crippen LogP contribution in [0.5, 0.6) is 0 Å². The Kier molecular flexibility index (Phi) is 1.63. The van der Waals surface area contributed by atoms with Gasteiger partial charge in [0.2, 0.25) is 0 Å². The number of nitrogen functional groups attached to an aromatic ring is 1. The van der Waals surface area contributed by atoms with Crippen LogP contribution >= 0.6 is 22.7 Å². The number of anilines is 1. The van der Waals surface area contributed by atoms with Crippen LogP contribution in [0.4, 0.5) is 5.00 Å². The molecule has 0 unspecified atom stereocenters. The normalized spacial score (nSPS) is 10.2. The number of thiophene rings is 1. The third kappa shape index (κ3) is 1.27. The Morgan fingerprint density at radius 3 is 2.82 bits per heavy atom. The van der Waals surface area contributed by atoms with E-state index in [4.69, 9.17) is 5.73 Å². The van der Waals surface area contributed by atoms with Crippen molar-refractivity contribution in [3.8, 4) is 10.6 Å². The number of rotatable bonds is 1. The van der Waals surface area contributed by atoms with Crippen LogP contribution in [-0.2, 0) is 0 Å². The maximum Gasteiger partial charge on any atom is 0.124 e. The van der Waals surface area contributed by atoms with Crippen LogP contribution in [0.25, 0.3) is 10.6 Å². The summed E-state index contributed by atoms with van der Waals surface area (Å²) in [4.78, 5) is 4.17. The molecular weight excluding hydrogens is 176 g/mol. The molecule has 0 saturated carbocycles. The third-order valence-electron chi connectivity index (χ3n) is 1.30. The summed E-state index contributed by atoms with van der Waals surface area (Å²) in [5.74, 6) is 0. The second-order valence-electron chi connectivity index (χ2n) is 2.08. The highest BCUT2D eigenvalue weighted by Crippen LogP contribution is 2.27. The lowest BCUT2D eigenvalue weighted by molar-refractivity contribution is 1.42. The minimum Gasteiger partial charge on any atom is -0.391 e. The van der Waals surface area contributed by atoms with Gasteiger partial charge in [-0.15, -0.1) is 22.7 Å². The van der Waals surface area contributed by atoms with E-state index in [0.29, 0.717) is 0 Å². The molecule has 56 valence electrons. The van der Waals surface area contributed by atoms with Crippen molar-refractivity contribution in [1.29, 1.82) is 0 Å². The first-order chi connectivity index (χ1) is 5.36. The molecule has 0 aliphatic rings. The summed E-state index contributed by atoms with van der Waals surface area (Å²) in [5.41, 5.74) is 6.71. The molecule has 2 rings (SSSR count). The van der Waals surface area contributed by atoms with Crippen molar-refractivity contribution in [1.82, 2.24) is 4.98 Å². The molecule has 2 heterocycles. The van der Waals surface area contributed by atoms with E-state index in [1.165, 1.54) is 0 Å². The second-order valence-corrected chi connectivity index (χ2v) is 3.91. The Bertz CT molecular complexity index is 337. The number of hydrogen-bond donors (Lipinski definition) is 1. The second kappa shape index (κ2) is 2.64. The lowest BCUT2D eigenvalue weighted by Crippen LogP contribution is -1.74. The molecule has 4 heteroatoms. The smallest absolute Gasteiger partial charge is 0.124 e. The summed E-state index contributed by atoms with van der Waals surface area (Å²) in [6.45, 7) is 0. The van der Waals surface area contributed by atoms with Crippen LogP contribution < -0.4 is 5.73 Å². The quantitative estimate of drug-likeness (QED) is 0.735. The van der Waals surface area contributed by atoms with Gasteiger partial charge in [-0.2, -0.15) is 0 Å². The topological polar surface area (TPSA) is 38.9 Å². The molecule has 2 N–H and O–H groups in total. The number of nitrogens with two attached hydrogens (primary N) is 1. The Morgan fingerprint density at radius 2 is 2.27 bits per heavy atom. The van der Waals surface area contributed by atoms with Gasteiger partial charge in [0.15, 0.2) is 0 Å². The molecule has 2 aromatic heterocycles. The number of aromatic nitrogens is 1. The molecule has 2 nitrogen and oxygen atoms in total. The molecule has 2 aromatic rings. The minimum atomic E-state index is 0.843. The van der Waals surface area contributed by atoms with Crippen molar-refractivity contribution >= 4 is 27.7 Å². The minimum absolute atomic E-state index is 0.843. The van der Waals surface area contributed by atoms with Gasteiger partial charge in [0.25, 0.3) is 0 Å². The standard InChI is InChI=1S/C7H6N2S2/c8-6-3-5(4-11-6)7-9-1-2-10-7/h1-4H,8H2. The van der Waals surface area contributed by atoms with E-state index in [1.54, 1.807) is 28.9 Å². The summed E-state index contributed by atoms with van der Waals surface area (Å²) in [7, 11) is 0. The van der Waals surface area contributed by atoms with Crippen molar-refractivity contribution < 1.29 is 0 Å². The zero-order valence-electron chi connectivity index (χ0n) is 5.65. The Morgan fingerprint density at radius 1 is 1.36 bits per heavy atom. The summed E-state index contributed by atoms with van der Waals surface area (Å²) in [6.07, 6.45) is 1.80. The van der Waals surface area contributed by atoms with E-state index in [9.17, 15) is 0 Å². The molecule has 0 aliphatic carbocycles. The van der Waals surface area contributed by atoms with Crippen molar-refractivity contribution in [2.45, 2.75) is 0 Å². The van der Waals surface area contributed by atoms with Gasteiger partial charge in [-0.25, -0.2) is 4.98 Å². The fourth-order valence-electron chi connectivity index (χ4n) is 0.831. The van der Waals surface area contributed by atoms with Crippen LogP contribution in [-0.4, -0.2) is 4.98 Å². The maximum atomic E-state index is 5.58. The lowest BCUT2D eigenvalue weighted by atomic mass is 10.3. The van der Waals surface area contributed by atoms with Gasteiger partial charge >= 0.3 is 0 Å².